The number of hydrogen-bond acceptors (Lipinski definition) is 4. The molecule has 1 saturated heterocycles. The van der Waals surface area contributed by atoms with Gasteiger partial charge in [-0.05, 0) is 45.6 Å². The summed E-state index contributed by atoms with van der Waals surface area (Å²) < 4.78 is 5.87. The van der Waals surface area contributed by atoms with Crippen LogP contribution in [0.2, 0.25) is 0 Å². The Labute approximate surface area is 114 Å². The quantitative estimate of drug-likeness (QED) is 0.858. The van der Waals surface area contributed by atoms with Gasteiger partial charge in [0.2, 0.25) is 0 Å². The van der Waals surface area contributed by atoms with Gasteiger partial charge >= 0.3 is 0 Å². The highest BCUT2D eigenvalue weighted by molar-refractivity contribution is 7.11. The van der Waals surface area contributed by atoms with E-state index in [1.54, 1.807) is 0 Å². The third-order valence-electron chi connectivity index (χ3n) is 3.54. The van der Waals surface area contributed by atoms with Crippen LogP contribution in [0, 0.1) is 0 Å². The molecule has 1 aromatic heterocycles. The molecule has 1 N–H and O–H groups in total. The van der Waals surface area contributed by atoms with Gasteiger partial charge in [-0.15, -0.1) is 11.3 Å². The summed E-state index contributed by atoms with van der Waals surface area (Å²) in [6.07, 6.45) is 3.97. The molecular formula is C14H24N2OS. The van der Waals surface area contributed by atoms with Crippen LogP contribution >= 0.6 is 11.3 Å². The van der Waals surface area contributed by atoms with Crippen molar-refractivity contribution in [3.05, 3.63) is 21.9 Å². The normalized spacial score (nSPS) is 21.3. The molecule has 18 heavy (non-hydrogen) atoms. The van der Waals surface area contributed by atoms with Gasteiger partial charge in [0.1, 0.15) is 0 Å². The smallest absolute Gasteiger partial charge is 0.0810 e. The summed E-state index contributed by atoms with van der Waals surface area (Å²) in [6.45, 7) is 3.81. The average molecular weight is 268 g/mol. The monoisotopic (exact) mass is 268 g/mol. The van der Waals surface area contributed by atoms with Crippen molar-refractivity contribution in [2.24, 2.45) is 0 Å². The topological polar surface area (TPSA) is 24.5 Å². The van der Waals surface area contributed by atoms with Gasteiger partial charge in [0.15, 0.2) is 0 Å². The lowest BCUT2D eigenvalue weighted by molar-refractivity contribution is 0.0455. The molecule has 0 amide bonds. The van der Waals surface area contributed by atoms with Gasteiger partial charge in [-0.3, -0.25) is 0 Å². The third kappa shape index (κ3) is 4.05. The number of likely N-dealkylation sites (tertiary alicyclic amines) is 1. The standard InChI is InChI=1S/C14H24N2OS/c1-15-9-13-6-7-14(18-13)11-17-10-12-5-3-4-8-16(12)2/h6-7,12,15H,3-5,8-11H2,1-2H3. The molecule has 0 aromatic carbocycles. The van der Waals surface area contributed by atoms with Crippen LogP contribution < -0.4 is 5.32 Å². The largest absolute Gasteiger partial charge is 0.374 e. The van der Waals surface area contributed by atoms with Crippen LogP contribution in [-0.2, 0) is 17.9 Å². The molecule has 0 bridgehead atoms. The first kappa shape index (κ1) is 14.0. The van der Waals surface area contributed by atoms with Crippen molar-refractivity contribution < 1.29 is 4.74 Å². The number of thiophene rings is 1. The second-order valence-corrected chi connectivity index (χ2v) is 6.30. The van der Waals surface area contributed by atoms with Gasteiger partial charge in [-0.1, -0.05) is 6.42 Å². The molecule has 1 aliphatic heterocycles. The Morgan fingerprint density at radius 3 is 3.00 bits per heavy atom. The van der Waals surface area contributed by atoms with Gasteiger partial charge < -0.3 is 15.0 Å². The van der Waals surface area contributed by atoms with Crippen LogP contribution in [0.5, 0.6) is 0 Å². The molecule has 2 heterocycles. The van der Waals surface area contributed by atoms with Crippen molar-refractivity contribution in [1.29, 1.82) is 0 Å². The minimum atomic E-state index is 0.621. The van der Waals surface area contributed by atoms with Crippen molar-refractivity contribution in [3.63, 3.8) is 0 Å². The fourth-order valence-electron chi connectivity index (χ4n) is 2.42. The zero-order valence-electron chi connectivity index (χ0n) is 11.4. The predicted octanol–water partition coefficient (Wildman–Crippen LogP) is 2.47. The zero-order valence-corrected chi connectivity index (χ0v) is 12.3. The van der Waals surface area contributed by atoms with E-state index in [1.165, 1.54) is 35.6 Å². The first-order chi connectivity index (χ1) is 8.79. The molecule has 0 saturated carbocycles. The summed E-state index contributed by atoms with van der Waals surface area (Å²) in [6, 6.07) is 4.99. The summed E-state index contributed by atoms with van der Waals surface area (Å²) in [5, 5.41) is 3.17. The van der Waals surface area contributed by atoms with E-state index in [-0.39, 0.29) is 0 Å². The van der Waals surface area contributed by atoms with Gasteiger partial charge in [-0.2, -0.15) is 0 Å². The van der Waals surface area contributed by atoms with E-state index in [2.05, 4.69) is 29.4 Å². The van der Waals surface area contributed by atoms with Crippen molar-refractivity contribution in [3.8, 4) is 0 Å². The Hall–Kier alpha value is -0.420. The van der Waals surface area contributed by atoms with Gasteiger partial charge in [0.05, 0.1) is 13.2 Å². The molecule has 0 spiro atoms. The molecule has 1 atom stereocenters. The fourth-order valence-corrected chi connectivity index (χ4v) is 3.39. The van der Waals surface area contributed by atoms with Crippen LogP contribution in [0.4, 0.5) is 0 Å². The molecule has 102 valence electrons. The fraction of sp³-hybridized carbons (Fsp3) is 0.714. The Bertz CT molecular complexity index is 353. The van der Waals surface area contributed by atoms with Gasteiger partial charge in [0.25, 0.3) is 0 Å². The SMILES string of the molecule is CNCc1ccc(COCC2CCCCN2C)s1. The van der Waals surface area contributed by atoms with E-state index in [0.717, 1.165) is 19.8 Å². The zero-order chi connectivity index (χ0) is 12.8. The van der Waals surface area contributed by atoms with E-state index in [1.807, 2.05) is 18.4 Å². The first-order valence-electron chi connectivity index (χ1n) is 6.80. The van der Waals surface area contributed by atoms with Gasteiger partial charge in [0, 0.05) is 22.3 Å². The Kier molecular flexibility index (Phi) is 5.63. The average Bonchev–Trinajstić information content (AvgIpc) is 2.80. The number of nitrogens with zero attached hydrogens (tertiary/aromatic N) is 1. The number of likely N-dealkylation sites (N-methyl/N-ethyl adjacent to an activating group) is 1. The molecule has 1 fully saturated rings. The second kappa shape index (κ2) is 7.24. The van der Waals surface area contributed by atoms with E-state index in [4.69, 9.17) is 4.74 Å². The second-order valence-electron chi connectivity index (χ2n) is 5.04. The molecule has 2 rings (SSSR count). The van der Waals surface area contributed by atoms with Crippen molar-refractivity contribution in [2.75, 3.05) is 27.2 Å². The summed E-state index contributed by atoms with van der Waals surface area (Å²) in [7, 11) is 4.19. The summed E-state index contributed by atoms with van der Waals surface area (Å²) in [4.78, 5) is 5.15. The maximum Gasteiger partial charge on any atom is 0.0810 e. The maximum absolute atomic E-state index is 5.87. The number of nitrogens with one attached hydrogen (secondary N) is 1. The summed E-state index contributed by atoms with van der Waals surface area (Å²) in [5.41, 5.74) is 0. The molecule has 1 aromatic rings. The lowest BCUT2D eigenvalue weighted by atomic mass is 10.0. The molecular weight excluding hydrogens is 244 g/mol. The summed E-state index contributed by atoms with van der Waals surface area (Å²) >= 11 is 1.84. The van der Waals surface area contributed by atoms with Crippen molar-refractivity contribution in [2.45, 2.75) is 38.5 Å². The molecule has 1 aliphatic rings. The predicted molar refractivity (Wildman–Crippen MR) is 77.0 cm³/mol. The number of ether oxygens (including phenoxy) is 1. The molecule has 4 heteroatoms. The molecule has 1 unspecified atom stereocenters. The van der Waals surface area contributed by atoms with E-state index < -0.39 is 0 Å². The van der Waals surface area contributed by atoms with E-state index in [9.17, 15) is 0 Å². The van der Waals surface area contributed by atoms with E-state index >= 15 is 0 Å². The lowest BCUT2D eigenvalue weighted by Gasteiger charge is -2.32. The molecule has 0 radical (unpaired) electrons. The minimum absolute atomic E-state index is 0.621. The van der Waals surface area contributed by atoms with Crippen molar-refractivity contribution >= 4 is 11.3 Å². The maximum atomic E-state index is 5.87. The highest BCUT2D eigenvalue weighted by atomic mass is 32.1. The molecule has 0 aliphatic carbocycles. The minimum Gasteiger partial charge on any atom is -0.374 e. The highest BCUT2D eigenvalue weighted by Crippen LogP contribution is 2.19. The number of hydrogen-bond donors (Lipinski definition) is 1. The Balaban J connectivity index is 1.70. The summed E-state index contributed by atoms with van der Waals surface area (Å²) in [5.74, 6) is 0. The number of rotatable bonds is 6. The number of piperidine rings is 1. The van der Waals surface area contributed by atoms with Crippen LogP contribution in [0.25, 0.3) is 0 Å². The van der Waals surface area contributed by atoms with Crippen molar-refractivity contribution in [1.82, 2.24) is 10.2 Å². The van der Waals surface area contributed by atoms with Crippen LogP contribution in [0.15, 0.2) is 12.1 Å². The van der Waals surface area contributed by atoms with Gasteiger partial charge in [-0.25, -0.2) is 0 Å². The Morgan fingerprint density at radius 1 is 1.39 bits per heavy atom. The Morgan fingerprint density at radius 2 is 2.22 bits per heavy atom. The third-order valence-corrected chi connectivity index (χ3v) is 4.60. The highest BCUT2D eigenvalue weighted by Gasteiger charge is 2.18. The van der Waals surface area contributed by atoms with E-state index in [0.29, 0.717) is 6.04 Å². The van der Waals surface area contributed by atoms with Crippen LogP contribution in [0.3, 0.4) is 0 Å². The molecule has 3 nitrogen and oxygen atoms in total. The first-order valence-corrected chi connectivity index (χ1v) is 7.61. The van der Waals surface area contributed by atoms with Crippen LogP contribution in [0.1, 0.15) is 29.0 Å². The lowest BCUT2D eigenvalue weighted by Crippen LogP contribution is -2.39. The van der Waals surface area contributed by atoms with Crippen LogP contribution in [-0.4, -0.2) is 38.2 Å².